The van der Waals surface area contributed by atoms with E-state index in [9.17, 15) is 0 Å². The molecule has 0 aliphatic carbocycles. The molecular formula is C12H14BrN3O. The zero-order valence-electron chi connectivity index (χ0n) is 9.77. The van der Waals surface area contributed by atoms with E-state index in [0.29, 0.717) is 6.54 Å². The van der Waals surface area contributed by atoms with E-state index in [1.54, 1.807) is 13.3 Å². The third-order valence-corrected chi connectivity index (χ3v) is 3.18. The van der Waals surface area contributed by atoms with Gasteiger partial charge in [-0.1, -0.05) is 0 Å². The topological polar surface area (TPSA) is 39.1 Å². The van der Waals surface area contributed by atoms with Gasteiger partial charge in [-0.25, -0.2) is 4.98 Å². The Morgan fingerprint density at radius 1 is 1.47 bits per heavy atom. The van der Waals surface area contributed by atoms with Crippen molar-refractivity contribution in [2.24, 2.45) is 7.05 Å². The van der Waals surface area contributed by atoms with E-state index in [0.717, 1.165) is 21.7 Å². The van der Waals surface area contributed by atoms with Crippen molar-refractivity contribution in [2.75, 3.05) is 12.4 Å². The highest BCUT2D eigenvalue weighted by Crippen LogP contribution is 2.27. The number of aromatic nitrogens is 2. The maximum Gasteiger partial charge on any atom is 0.135 e. The molecule has 0 spiro atoms. The van der Waals surface area contributed by atoms with Crippen LogP contribution in [0.4, 0.5) is 5.69 Å². The lowest BCUT2D eigenvalue weighted by Crippen LogP contribution is -2.05. The Morgan fingerprint density at radius 2 is 2.29 bits per heavy atom. The van der Waals surface area contributed by atoms with E-state index in [1.165, 1.54) is 0 Å². The van der Waals surface area contributed by atoms with Gasteiger partial charge in [-0.3, -0.25) is 0 Å². The predicted octanol–water partition coefficient (Wildman–Crippen LogP) is 2.80. The van der Waals surface area contributed by atoms with Crippen molar-refractivity contribution >= 4 is 21.6 Å². The lowest BCUT2D eigenvalue weighted by atomic mass is 10.3. The minimum Gasteiger partial charge on any atom is -0.495 e. The van der Waals surface area contributed by atoms with E-state index in [4.69, 9.17) is 4.74 Å². The molecule has 17 heavy (non-hydrogen) atoms. The fraction of sp³-hybridized carbons (Fsp3) is 0.250. The van der Waals surface area contributed by atoms with Crippen LogP contribution in [0.25, 0.3) is 0 Å². The summed E-state index contributed by atoms with van der Waals surface area (Å²) in [5.74, 6) is 1.81. The first-order valence-electron chi connectivity index (χ1n) is 5.24. The number of nitrogens with zero attached hydrogens (tertiary/aromatic N) is 2. The van der Waals surface area contributed by atoms with Crippen LogP contribution in [0, 0.1) is 0 Å². The molecule has 2 aromatic rings. The van der Waals surface area contributed by atoms with Gasteiger partial charge in [-0.05, 0) is 28.1 Å². The molecule has 5 heteroatoms. The van der Waals surface area contributed by atoms with E-state index in [2.05, 4.69) is 26.2 Å². The average Bonchev–Trinajstić information content (AvgIpc) is 2.74. The molecule has 0 aliphatic heterocycles. The maximum absolute atomic E-state index is 5.24. The van der Waals surface area contributed by atoms with Gasteiger partial charge in [-0.2, -0.15) is 0 Å². The largest absolute Gasteiger partial charge is 0.495 e. The number of anilines is 1. The minimum atomic E-state index is 0.689. The van der Waals surface area contributed by atoms with Crippen LogP contribution in [-0.4, -0.2) is 16.7 Å². The highest BCUT2D eigenvalue weighted by atomic mass is 79.9. The molecule has 0 fully saturated rings. The van der Waals surface area contributed by atoms with Crippen molar-refractivity contribution in [3.63, 3.8) is 0 Å². The van der Waals surface area contributed by atoms with Crippen LogP contribution >= 0.6 is 15.9 Å². The minimum absolute atomic E-state index is 0.689. The Bertz CT molecular complexity index is 510. The van der Waals surface area contributed by atoms with Crippen LogP contribution in [-0.2, 0) is 13.6 Å². The fourth-order valence-electron chi connectivity index (χ4n) is 1.52. The number of methoxy groups -OCH3 is 1. The van der Waals surface area contributed by atoms with Gasteiger partial charge in [0.15, 0.2) is 0 Å². The summed E-state index contributed by atoms with van der Waals surface area (Å²) >= 11 is 3.42. The molecular weight excluding hydrogens is 282 g/mol. The Kier molecular flexibility index (Phi) is 3.68. The van der Waals surface area contributed by atoms with E-state index in [-0.39, 0.29) is 0 Å². The van der Waals surface area contributed by atoms with Crippen LogP contribution in [0.3, 0.4) is 0 Å². The van der Waals surface area contributed by atoms with Gasteiger partial charge < -0.3 is 14.6 Å². The molecule has 0 saturated heterocycles. The molecule has 1 N–H and O–H groups in total. The molecule has 0 saturated carbocycles. The SMILES string of the molecule is COc1cc(NCc2nccn2C)ccc1Br. The third kappa shape index (κ3) is 2.79. The van der Waals surface area contributed by atoms with Crippen LogP contribution in [0.5, 0.6) is 5.75 Å². The molecule has 1 heterocycles. The summed E-state index contributed by atoms with van der Waals surface area (Å²) in [7, 11) is 3.63. The second kappa shape index (κ2) is 5.23. The van der Waals surface area contributed by atoms with Crippen molar-refractivity contribution in [2.45, 2.75) is 6.54 Å². The highest BCUT2D eigenvalue weighted by molar-refractivity contribution is 9.10. The molecule has 0 amide bonds. The van der Waals surface area contributed by atoms with E-state index < -0.39 is 0 Å². The smallest absolute Gasteiger partial charge is 0.135 e. The lowest BCUT2D eigenvalue weighted by Gasteiger charge is -2.09. The van der Waals surface area contributed by atoms with E-state index in [1.807, 2.05) is 36.0 Å². The standard InChI is InChI=1S/C12H14BrN3O/c1-16-6-5-14-12(16)8-15-9-3-4-10(13)11(7-9)17-2/h3-7,15H,8H2,1-2H3. The number of hydrogen-bond donors (Lipinski definition) is 1. The zero-order valence-corrected chi connectivity index (χ0v) is 11.4. The number of ether oxygens (including phenoxy) is 1. The Hall–Kier alpha value is -1.49. The number of imidazole rings is 1. The van der Waals surface area contributed by atoms with Gasteiger partial charge in [0.2, 0.25) is 0 Å². The fourth-order valence-corrected chi connectivity index (χ4v) is 1.93. The normalized spacial score (nSPS) is 10.3. The van der Waals surface area contributed by atoms with Crippen LogP contribution in [0.2, 0.25) is 0 Å². The van der Waals surface area contributed by atoms with Crippen molar-refractivity contribution in [1.29, 1.82) is 0 Å². The highest BCUT2D eigenvalue weighted by Gasteiger charge is 2.03. The molecule has 1 aromatic carbocycles. The van der Waals surface area contributed by atoms with E-state index >= 15 is 0 Å². The Morgan fingerprint density at radius 3 is 2.94 bits per heavy atom. The summed E-state index contributed by atoms with van der Waals surface area (Å²) in [5.41, 5.74) is 1.01. The molecule has 1 aromatic heterocycles. The number of halogens is 1. The first-order chi connectivity index (χ1) is 8.20. The van der Waals surface area contributed by atoms with Crippen molar-refractivity contribution < 1.29 is 4.74 Å². The molecule has 4 nitrogen and oxygen atoms in total. The summed E-state index contributed by atoms with van der Waals surface area (Å²) in [6.07, 6.45) is 3.72. The zero-order chi connectivity index (χ0) is 12.3. The monoisotopic (exact) mass is 295 g/mol. The Labute approximate surface area is 109 Å². The predicted molar refractivity (Wildman–Crippen MR) is 71.2 cm³/mol. The molecule has 0 unspecified atom stereocenters. The lowest BCUT2D eigenvalue weighted by molar-refractivity contribution is 0.412. The first kappa shape index (κ1) is 12.0. The molecule has 2 rings (SSSR count). The van der Waals surface area contributed by atoms with Gasteiger partial charge >= 0.3 is 0 Å². The third-order valence-electron chi connectivity index (χ3n) is 2.52. The van der Waals surface area contributed by atoms with Gasteiger partial charge in [-0.15, -0.1) is 0 Å². The van der Waals surface area contributed by atoms with Gasteiger partial charge in [0.05, 0.1) is 18.1 Å². The molecule has 0 atom stereocenters. The van der Waals surface area contributed by atoms with Gasteiger partial charge in [0.1, 0.15) is 11.6 Å². The molecule has 90 valence electrons. The summed E-state index contributed by atoms with van der Waals surface area (Å²) < 4.78 is 8.17. The van der Waals surface area contributed by atoms with Gasteiger partial charge in [0.25, 0.3) is 0 Å². The first-order valence-corrected chi connectivity index (χ1v) is 6.03. The quantitative estimate of drug-likeness (QED) is 0.943. The summed E-state index contributed by atoms with van der Waals surface area (Å²) in [6, 6.07) is 5.90. The van der Waals surface area contributed by atoms with Gasteiger partial charge in [0, 0.05) is 31.2 Å². The van der Waals surface area contributed by atoms with Crippen LogP contribution in [0.15, 0.2) is 35.1 Å². The second-order valence-electron chi connectivity index (χ2n) is 3.66. The van der Waals surface area contributed by atoms with Crippen LogP contribution < -0.4 is 10.1 Å². The van der Waals surface area contributed by atoms with Crippen molar-refractivity contribution in [3.05, 3.63) is 40.9 Å². The number of hydrogen-bond acceptors (Lipinski definition) is 3. The number of nitrogens with one attached hydrogen (secondary N) is 1. The number of rotatable bonds is 4. The molecule has 0 aliphatic rings. The molecule has 0 radical (unpaired) electrons. The maximum atomic E-state index is 5.24. The van der Waals surface area contributed by atoms with Crippen molar-refractivity contribution in [1.82, 2.24) is 9.55 Å². The second-order valence-corrected chi connectivity index (χ2v) is 4.51. The van der Waals surface area contributed by atoms with Crippen LogP contribution in [0.1, 0.15) is 5.82 Å². The average molecular weight is 296 g/mol. The summed E-state index contributed by atoms with van der Waals surface area (Å²) in [4.78, 5) is 4.25. The molecule has 0 bridgehead atoms. The number of aryl methyl sites for hydroxylation is 1. The number of benzene rings is 1. The Balaban J connectivity index is 2.07. The van der Waals surface area contributed by atoms with Crippen molar-refractivity contribution in [3.8, 4) is 5.75 Å². The summed E-state index contributed by atoms with van der Waals surface area (Å²) in [6.45, 7) is 0.689. The summed E-state index contributed by atoms with van der Waals surface area (Å²) in [5, 5.41) is 3.31.